The predicted octanol–water partition coefficient (Wildman–Crippen LogP) is 2.56. The van der Waals surface area contributed by atoms with Crippen LogP contribution in [0.5, 0.6) is 0 Å². The zero-order valence-corrected chi connectivity index (χ0v) is 12.4. The van der Waals surface area contributed by atoms with Crippen molar-refractivity contribution in [3.63, 3.8) is 0 Å². The maximum Gasteiger partial charge on any atom is 0.305 e. The molecule has 1 N–H and O–H groups in total. The molecule has 112 valence electrons. The topological polar surface area (TPSA) is 74.7 Å². The third-order valence-corrected chi connectivity index (χ3v) is 3.45. The number of carboxylic acids is 1. The van der Waals surface area contributed by atoms with Crippen molar-refractivity contribution in [2.75, 3.05) is 0 Å². The third-order valence-electron chi connectivity index (χ3n) is 3.45. The van der Waals surface area contributed by atoms with Crippen molar-refractivity contribution < 1.29 is 19.5 Å². The molecule has 5 nitrogen and oxygen atoms in total. The van der Waals surface area contributed by atoms with Gasteiger partial charge >= 0.3 is 5.97 Å². The number of fused-ring (bicyclic) bond motifs is 1. The first-order valence-electron chi connectivity index (χ1n) is 6.89. The maximum atomic E-state index is 12.4. The van der Waals surface area contributed by atoms with E-state index >= 15 is 0 Å². The maximum absolute atomic E-state index is 12.4. The van der Waals surface area contributed by atoms with E-state index in [2.05, 4.69) is 0 Å². The number of hydrogen-bond donors (Lipinski definition) is 1. The number of carbonyl (C=O) groups is 3. The molecule has 2 rings (SSSR count). The van der Waals surface area contributed by atoms with Crippen LogP contribution in [0, 0.1) is 5.41 Å². The van der Waals surface area contributed by atoms with E-state index in [9.17, 15) is 14.4 Å². The fourth-order valence-corrected chi connectivity index (χ4v) is 2.70. The molecule has 1 aromatic rings. The summed E-state index contributed by atoms with van der Waals surface area (Å²) < 4.78 is 0. The average Bonchev–Trinajstić information content (AvgIpc) is 2.59. The largest absolute Gasteiger partial charge is 0.481 e. The Morgan fingerprint density at radius 1 is 1.14 bits per heavy atom. The van der Waals surface area contributed by atoms with E-state index in [0.29, 0.717) is 17.5 Å². The molecule has 1 aliphatic rings. The number of hydrogen-bond acceptors (Lipinski definition) is 3. The van der Waals surface area contributed by atoms with Gasteiger partial charge in [-0.25, -0.2) is 0 Å². The number of carboxylic acid groups (broad SMARTS) is 1. The molecule has 1 unspecified atom stereocenters. The van der Waals surface area contributed by atoms with E-state index in [1.807, 2.05) is 20.8 Å². The number of nitrogens with zero attached hydrogens (tertiary/aromatic N) is 1. The minimum absolute atomic E-state index is 0.185. The Bertz CT molecular complexity index is 566. The van der Waals surface area contributed by atoms with E-state index in [-0.39, 0.29) is 11.8 Å². The molecule has 1 aromatic carbocycles. The zero-order chi connectivity index (χ0) is 15.8. The summed E-state index contributed by atoms with van der Waals surface area (Å²) in [5.41, 5.74) is 0.522. The van der Waals surface area contributed by atoms with Crippen LogP contribution in [0.3, 0.4) is 0 Å². The van der Waals surface area contributed by atoms with Crippen LogP contribution in [0.1, 0.15) is 54.3 Å². The van der Waals surface area contributed by atoms with Crippen LogP contribution < -0.4 is 0 Å². The van der Waals surface area contributed by atoms with Crippen molar-refractivity contribution >= 4 is 17.8 Å². The minimum atomic E-state index is -1.01. The van der Waals surface area contributed by atoms with E-state index in [1.54, 1.807) is 24.3 Å². The quantitative estimate of drug-likeness (QED) is 0.864. The molecule has 2 amide bonds. The summed E-state index contributed by atoms with van der Waals surface area (Å²) in [6.07, 6.45) is 0.216. The first-order chi connectivity index (χ1) is 9.70. The number of aliphatic carboxylic acids is 1. The van der Waals surface area contributed by atoms with Crippen molar-refractivity contribution in [1.82, 2.24) is 4.90 Å². The van der Waals surface area contributed by atoms with Crippen LogP contribution in [0.2, 0.25) is 0 Å². The standard InChI is InChI=1S/C16H19NO4/c1-16(2,3)9-10(8-13(18)19)17-14(20)11-6-4-5-7-12(11)15(17)21/h4-7,10H,8-9H2,1-3H3,(H,18,19). The molecule has 0 saturated heterocycles. The molecule has 21 heavy (non-hydrogen) atoms. The molecular weight excluding hydrogens is 270 g/mol. The van der Waals surface area contributed by atoms with Crippen molar-refractivity contribution in [3.05, 3.63) is 35.4 Å². The normalized spacial score (nSPS) is 16.0. The van der Waals surface area contributed by atoms with E-state index in [4.69, 9.17) is 5.11 Å². The molecule has 0 radical (unpaired) electrons. The van der Waals surface area contributed by atoms with Gasteiger partial charge in [0.25, 0.3) is 11.8 Å². The summed E-state index contributed by atoms with van der Waals surface area (Å²) in [6.45, 7) is 5.88. The smallest absolute Gasteiger partial charge is 0.305 e. The second kappa shape index (κ2) is 5.31. The molecular formula is C16H19NO4. The SMILES string of the molecule is CC(C)(C)CC(CC(=O)O)N1C(=O)c2ccccc2C1=O. The molecule has 0 saturated carbocycles. The Labute approximate surface area is 123 Å². The molecule has 1 atom stereocenters. The second-order valence-corrected chi connectivity index (χ2v) is 6.54. The van der Waals surface area contributed by atoms with Gasteiger partial charge in [-0.05, 0) is 24.0 Å². The molecule has 0 bridgehead atoms. The van der Waals surface area contributed by atoms with Gasteiger partial charge in [-0.1, -0.05) is 32.9 Å². The van der Waals surface area contributed by atoms with Gasteiger partial charge in [0.2, 0.25) is 0 Å². The molecule has 1 heterocycles. The third kappa shape index (κ3) is 3.12. The highest BCUT2D eigenvalue weighted by atomic mass is 16.4. The average molecular weight is 289 g/mol. The molecule has 5 heteroatoms. The first-order valence-corrected chi connectivity index (χ1v) is 6.89. The Hall–Kier alpha value is -2.17. The highest BCUT2D eigenvalue weighted by Gasteiger charge is 2.41. The minimum Gasteiger partial charge on any atom is -0.481 e. The summed E-state index contributed by atoms with van der Waals surface area (Å²) in [5, 5.41) is 9.08. The monoisotopic (exact) mass is 289 g/mol. The Morgan fingerprint density at radius 3 is 2.00 bits per heavy atom. The van der Waals surface area contributed by atoms with Crippen molar-refractivity contribution in [2.45, 2.75) is 39.7 Å². The highest BCUT2D eigenvalue weighted by Crippen LogP contribution is 2.31. The van der Waals surface area contributed by atoms with Crippen molar-refractivity contribution in [3.8, 4) is 0 Å². The second-order valence-electron chi connectivity index (χ2n) is 6.54. The van der Waals surface area contributed by atoms with Crippen LogP contribution in [-0.2, 0) is 4.79 Å². The van der Waals surface area contributed by atoms with Crippen LogP contribution in [0.15, 0.2) is 24.3 Å². The molecule has 0 fully saturated rings. The van der Waals surface area contributed by atoms with Gasteiger partial charge in [0, 0.05) is 0 Å². The molecule has 0 aromatic heterocycles. The fraction of sp³-hybridized carbons (Fsp3) is 0.438. The van der Waals surface area contributed by atoms with Crippen LogP contribution in [-0.4, -0.2) is 33.8 Å². The van der Waals surface area contributed by atoms with Gasteiger partial charge in [-0.3, -0.25) is 19.3 Å². The molecule has 1 aliphatic heterocycles. The summed E-state index contributed by atoms with van der Waals surface area (Å²) in [4.78, 5) is 37.1. The fourth-order valence-electron chi connectivity index (χ4n) is 2.70. The van der Waals surface area contributed by atoms with E-state index in [0.717, 1.165) is 4.90 Å². The number of amides is 2. The predicted molar refractivity (Wildman–Crippen MR) is 77.1 cm³/mol. The van der Waals surface area contributed by atoms with Gasteiger partial charge in [-0.15, -0.1) is 0 Å². The van der Waals surface area contributed by atoms with Crippen molar-refractivity contribution in [2.24, 2.45) is 5.41 Å². The first kappa shape index (κ1) is 15.2. The lowest BCUT2D eigenvalue weighted by molar-refractivity contribution is -0.138. The van der Waals surface area contributed by atoms with Crippen molar-refractivity contribution in [1.29, 1.82) is 0 Å². The zero-order valence-electron chi connectivity index (χ0n) is 12.4. The van der Waals surface area contributed by atoms with Gasteiger partial charge < -0.3 is 5.11 Å². The Morgan fingerprint density at radius 2 is 1.62 bits per heavy atom. The number of rotatable bonds is 4. The number of carbonyl (C=O) groups excluding carboxylic acids is 2. The molecule has 0 aliphatic carbocycles. The van der Waals surface area contributed by atoms with Gasteiger partial charge in [0.15, 0.2) is 0 Å². The molecule has 0 spiro atoms. The summed E-state index contributed by atoms with van der Waals surface area (Å²) in [5.74, 6) is -1.81. The lowest BCUT2D eigenvalue weighted by Gasteiger charge is -2.30. The van der Waals surface area contributed by atoms with E-state index < -0.39 is 23.8 Å². The summed E-state index contributed by atoms with van der Waals surface area (Å²) in [6, 6.07) is 5.97. The Balaban J connectivity index is 2.36. The van der Waals surface area contributed by atoms with E-state index in [1.165, 1.54) is 0 Å². The van der Waals surface area contributed by atoms with Crippen LogP contribution in [0.25, 0.3) is 0 Å². The van der Waals surface area contributed by atoms with Crippen LogP contribution in [0.4, 0.5) is 0 Å². The van der Waals surface area contributed by atoms with Gasteiger partial charge in [0.1, 0.15) is 0 Å². The van der Waals surface area contributed by atoms with Gasteiger partial charge in [-0.2, -0.15) is 0 Å². The van der Waals surface area contributed by atoms with Gasteiger partial charge in [0.05, 0.1) is 23.6 Å². The summed E-state index contributed by atoms with van der Waals surface area (Å²) >= 11 is 0. The number of benzene rings is 1. The summed E-state index contributed by atoms with van der Waals surface area (Å²) in [7, 11) is 0. The lowest BCUT2D eigenvalue weighted by atomic mass is 9.86. The highest BCUT2D eigenvalue weighted by molar-refractivity contribution is 6.21. The lowest BCUT2D eigenvalue weighted by Crippen LogP contribution is -2.43. The van der Waals surface area contributed by atoms with Crippen LogP contribution >= 0.6 is 0 Å². The Kier molecular flexibility index (Phi) is 3.85. The number of imide groups is 1.